The molecule has 2 rings (SSSR count). The molecule has 2 aromatic heterocycles. The minimum atomic E-state index is -0.201. The largest absolute Gasteiger partial charge is 0.384 e. The number of carbonyl (C=O) groups is 1. The molecule has 0 saturated heterocycles. The molecule has 2 aromatic rings. The van der Waals surface area contributed by atoms with Crippen LogP contribution < -0.4 is 22.0 Å². The molecule has 0 aliphatic rings. The van der Waals surface area contributed by atoms with Crippen LogP contribution in [0.5, 0.6) is 0 Å². The molecule has 0 radical (unpaired) electrons. The molecule has 0 spiro atoms. The molecule has 7 nitrogen and oxygen atoms in total. The normalized spacial score (nSPS) is 11.4. The van der Waals surface area contributed by atoms with E-state index in [1.165, 1.54) is 4.68 Å². The second kappa shape index (κ2) is 9.11. The van der Waals surface area contributed by atoms with Crippen LogP contribution in [0.2, 0.25) is 0 Å². The summed E-state index contributed by atoms with van der Waals surface area (Å²) in [5.41, 5.74) is 12.9. The van der Waals surface area contributed by atoms with E-state index in [0.29, 0.717) is 24.5 Å². The van der Waals surface area contributed by atoms with Crippen molar-refractivity contribution in [2.45, 2.75) is 60.9 Å². The Kier molecular flexibility index (Phi) is 7.06. The van der Waals surface area contributed by atoms with Crippen molar-refractivity contribution in [1.82, 2.24) is 15.0 Å². The van der Waals surface area contributed by atoms with Crippen molar-refractivity contribution in [2.24, 2.45) is 5.41 Å². The number of rotatable bonds is 7. The first kappa shape index (κ1) is 22.5. The number of nitrogens with zero attached hydrogens (tertiary/aromatic N) is 2. The lowest BCUT2D eigenvalue weighted by molar-refractivity contribution is -0.120. The number of aromatic nitrogens is 2. The van der Waals surface area contributed by atoms with Crippen LogP contribution >= 0.6 is 0 Å². The van der Waals surface area contributed by atoms with Gasteiger partial charge in [0, 0.05) is 30.5 Å². The van der Waals surface area contributed by atoms with E-state index in [2.05, 4.69) is 36.5 Å². The zero-order chi connectivity index (χ0) is 21.8. The monoisotopic (exact) mass is 399 g/mol. The molecule has 0 saturated carbocycles. The number of aryl methyl sites for hydroxylation is 3. The zero-order valence-corrected chi connectivity index (χ0v) is 18.3. The summed E-state index contributed by atoms with van der Waals surface area (Å²) < 4.78 is 1.47. The van der Waals surface area contributed by atoms with Crippen molar-refractivity contribution >= 4 is 11.7 Å². The average Bonchev–Trinajstić information content (AvgIpc) is 2.58. The highest BCUT2D eigenvalue weighted by Gasteiger charge is 2.14. The topological polar surface area (TPSA) is 102 Å². The highest BCUT2D eigenvalue weighted by molar-refractivity contribution is 5.78. The first-order valence-electron chi connectivity index (χ1n) is 9.92. The lowest BCUT2D eigenvalue weighted by Gasteiger charge is -2.19. The summed E-state index contributed by atoms with van der Waals surface area (Å²) in [5.74, 6) is 0.266. The van der Waals surface area contributed by atoms with E-state index in [1.807, 2.05) is 26.8 Å². The maximum absolute atomic E-state index is 12.8. The van der Waals surface area contributed by atoms with Crippen molar-refractivity contribution in [2.75, 3.05) is 17.7 Å². The Labute approximate surface area is 172 Å². The van der Waals surface area contributed by atoms with Crippen LogP contribution in [0, 0.1) is 26.2 Å². The number of anilines is 1. The molecule has 0 unspecified atom stereocenters. The summed E-state index contributed by atoms with van der Waals surface area (Å²) in [5, 5.41) is 2.90. The van der Waals surface area contributed by atoms with Gasteiger partial charge in [0.25, 0.3) is 5.56 Å². The number of amides is 1. The van der Waals surface area contributed by atoms with E-state index in [1.54, 1.807) is 12.3 Å². The molecule has 4 N–H and O–H groups in total. The van der Waals surface area contributed by atoms with E-state index < -0.39 is 0 Å². The molecule has 0 fully saturated rings. The van der Waals surface area contributed by atoms with Crippen LogP contribution in [-0.2, 0) is 17.8 Å². The molecule has 158 valence electrons. The van der Waals surface area contributed by atoms with Gasteiger partial charge in [-0.1, -0.05) is 20.8 Å². The Morgan fingerprint density at radius 1 is 1.17 bits per heavy atom. The second-order valence-electron chi connectivity index (χ2n) is 8.75. The summed E-state index contributed by atoms with van der Waals surface area (Å²) >= 11 is 0. The molecule has 0 aliphatic carbocycles. The molecule has 7 heteroatoms. The van der Waals surface area contributed by atoms with E-state index in [0.717, 1.165) is 28.8 Å². The predicted molar refractivity (Wildman–Crippen MR) is 117 cm³/mol. The number of nitrogen functional groups attached to an aromatic ring is 1. The molecule has 0 atom stereocenters. The zero-order valence-electron chi connectivity index (χ0n) is 18.3. The van der Waals surface area contributed by atoms with Crippen LogP contribution in [-0.4, -0.2) is 22.1 Å². The highest BCUT2D eigenvalue weighted by Crippen LogP contribution is 2.17. The fourth-order valence-corrected chi connectivity index (χ4v) is 3.12. The maximum atomic E-state index is 12.8. The number of carbonyl (C=O) groups excluding carboxylic acids is 1. The highest BCUT2D eigenvalue weighted by atomic mass is 16.2. The molecule has 1 amide bonds. The first-order valence-corrected chi connectivity index (χ1v) is 9.92. The fourth-order valence-electron chi connectivity index (χ4n) is 3.12. The summed E-state index contributed by atoms with van der Waals surface area (Å²) in [4.78, 5) is 29.6. The number of nitrogens with two attached hydrogens (primary N) is 1. The predicted octanol–water partition coefficient (Wildman–Crippen LogP) is 2.59. The second-order valence-corrected chi connectivity index (χ2v) is 8.75. The Hall–Kier alpha value is -2.83. The quantitative estimate of drug-likeness (QED) is 0.664. The van der Waals surface area contributed by atoms with E-state index >= 15 is 0 Å². The van der Waals surface area contributed by atoms with Gasteiger partial charge in [-0.05, 0) is 61.4 Å². The molecule has 29 heavy (non-hydrogen) atoms. The average molecular weight is 400 g/mol. The summed E-state index contributed by atoms with van der Waals surface area (Å²) in [7, 11) is 0. The van der Waals surface area contributed by atoms with Crippen molar-refractivity contribution in [3.63, 3.8) is 0 Å². The molecule has 0 bridgehead atoms. The van der Waals surface area contributed by atoms with Gasteiger partial charge in [-0.2, -0.15) is 0 Å². The van der Waals surface area contributed by atoms with Crippen LogP contribution in [0.15, 0.2) is 23.1 Å². The maximum Gasteiger partial charge on any atom is 0.272 e. The SMILES string of the molecule is Cc1cc(N)nc(C)c1CNC(=O)Cc1c(C)ccn(NCCC(C)(C)C)c1=O. The van der Waals surface area contributed by atoms with Crippen LogP contribution in [0.1, 0.15) is 55.1 Å². The number of hydrogen-bond acceptors (Lipinski definition) is 5. The molecule has 2 heterocycles. The summed E-state index contributed by atoms with van der Waals surface area (Å²) in [6.45, 7) is 13.2. The molecule has 0 aliphatic heterocycles. The van der Waals surface area contributed by atoms with Crippen LogP contribution in [0.3, 0.4) is 0 Å². The van der Waals surface area contributed by atoms with Gasteiger partial charge in [-0.15, -0.1) is 0 Å². The van der Waals surface area contributed by atoms with Gasteiger partial charge in [0.2, 0.25) is 5.91 Å². The third kappa shape index (κ3) is 6.34. The number of hydrogen-bond donors (Lipinski definition) is 3. The third-order valence-corrected chi connectivity index (χ3v) is 4.96. The minimum absolute atomic E-state index is 0.0347. The van der Waals surface area contributed by atoms with E-state index in [4.69, 9.17) is 5.73 Å². The van der Waals surface area contributed by atoms with Gasteiger partial charge in [-0.25, -0.2) is 9.66 Å². The van der Waals surface area contributed by atoms with Crippen molar-refractivity contribution < 1.29 is 4.79 Å². The van der Waals surface area contributed by atoms with Crippen molar-refractivity contribution in [3.05, 3.63) is 56.6 Å². The van der Waals surface area contributed by atoms with Crippen molar-refractivity contribution in [3.8, 4) is 0 Å². The number of nitrogens with one attached hydrogen (secondary N) is 2. The standard InChI is InChI=1S/C22H33N5O2/c1-14-7-10-27(25-9-8-22(4,5)6)21(29)17(14)12-20(28)24-13-18-15(2)11-19(23)26-16(18)3/h7,10-11,25H,8-9,12-13H2,1-6H3,(H2,23,26)(H,24,28). The molecular weight excluding hydrogens is 366 g/mol. The Morgan fingerprint density at radius 3 is 2.48 bits per heavy atom. The third-order valence-electron chi connectivity index (χ3n) is 4.96. The summed E-state index contributed by atoms with van der Waals surface area (Å²) in [6.07, 6.45) is 2.68. The number of pyridine rings is 2. The van der Waals surface area contributed by atoms with Gasteiger partial charge in [0.05, 0.1) is 6.42 Å². The first-order chi connectivity index (χ1) is 13.5. The van der Waals surface area contributed by atoms with Gasteiger partial charge in [0.15, 0.2) is 0 Å². The fraction of sp³-hybridized carbons (Fsp3) is 0.500. The van der Waals surface area contributed by atoms with E-state index in [9.17, 15) is 9.59 Å². The Morgan fingerprint density at radius 2 is 1.86 bits per heavy atom. The molecule has 0 aromatic carbocycles. The lowest BCUT2D eigenvalue weighted by Crippen LogP contribution is -2.35. The Bertz CT molecular complexity index is 918. The summed E-state index contributed by atoms with van der Waals surface area (Å²) in [6, 6.07) is 3.64. The van der Waals surface area contributed by atoms with Crippen LogP contribution in [0.25, 0.3) is 0 Å². The van der Waals surface area contributed by atoms with Gasteiger partial charge in [0.1, 0.15) is 5.82 Å². The van der Waals surface area contributed by atoms with Gasteiger partial charge < -0.3 is 16.5 Å². The Balaban J connectivity index is 2.06. The van der Waals surface area contributed by atoms with E-state index in [-0.39, 0.29) is 23.3 Å². The van der Waals surface area contributed by atoms with Crippen molar-refractivity contribution in [1.29, 1.82) is 0 Å². The smallest absolute Gasteiger partial charge is 0.272 e. The minimum Gasteiger partial charge on any atom is -0.384 e. The van der Waals surface area contributed by atoms with Gasteiger partial charge >= 0.3 is 0 Å². The van der Waals surface area contributed by atoms with Crippen LogP contribution in [0.4, 0.5) is 5.82 Å². The molecular formula is C22H33N5O2. The van der Waals surface area contributed by atoms with Gasteiger partial charge in [-0.3, -0.25) is 9.59 Å². The lowest BCUT2D eigenvalue weighted by atomic mass is 9.93.